The van der Waals surface area contributed by atoms with Gasteiger partial charge in [0.25, 0.3) is 5.91 Å². The smallest absolute Gasteiger partial charge is 0.272 e. The number of aromatic nitrogens is 3. The van der Waals surface area contributed by atoms with E-state index in [1.165, 1.54) is 6.42 Å². The summed E-state index contributed by atoms with van der Waals surface area (Å²) in [5, 5.41) is 6.83. The molecule has 1 atom stereocenters. The molecule has 0 saturated carbocycles. The fourth-order valence-electron chi connectivity index (χ4n) is 2.81. The Kier molecular flexibility index (Phi) is 4.27. The van der Waals surface area contributed by atoms with Crippen molar-refractivity contribution in [3.8, 4) is 0 Å². The summed E-state index contributed by atoms with van der Waals surface area (Å²) in [6.07, 6.45) is 2.21. The van der Waals surface area contributed by atoms with Crippen LogP contribution in [0, 0.1) is 19.8 Å². The highest BCUT2D eigenvalue weighted by Gasteiger charge is 2.23. The van der Waals surface area contributed by atoms with Gasteiger partial charge in [0.05, 0.1) is 0 Å². The molecule has 1 aliphatic heterocycles. The molecule has 7 nitrogen and oxygen atoms in total. The van der Waals surface area contributed by atoms with Crippen molar-refractivity contribution >= 4 is 17.7 Å². The molecule has 1 N–H and O–H groups in total. The van der Waals surface area contributed by atoms with Gasteiger partial charge in [0.1, 0.15) is 11.5 Å². The van der Waals surface area contributed by atoms with Crippen LogP contribution in [0.5, 0.6) is 0 Å². The summed E-state index contributed by atoms with van der Waals surface area (Å²) in [6.45, 7) is 7.40. The number of likely N-dealkylation sites (tertiary alicyclic amines) is 1. The molecule has 0 bridgehead atoms. The number of hydrogen-bond acceptors (Lipinski definition) is 6. The summed E-state index contributed by atoms with van der Waals surface area (Å²) in [5.41, 5.74) is 1.14. The van der Waals surface area contributed by atoms with Crippen LogP contribution < -0.4 is 5.32 Å². The van der Waals surface area contributed by atoms with Crippen LogP contribution in [0.25, 0.3) is 0 Å². The Morgan fingerprint density at radius 1 is 1.35 bits per heavy atom. The molecule has 7 heteroatoms. The largest absolute Gasteiger partial charge is 0.360 e. The fourth-order valence-corrected chi connectivity index (χ4v) is 2.81. The zero-order valence-electron chi connectivity index (χ0n) is 13.7. The summed E-state index contributed by atoms with van der Waals surface area (Å²) in [4.78, 5) is 23.2. The van der Waals surface area contributed by atoms with Gasteiger partial charge < -0.3 is 14.7 Å². The monoisotopic (exact) mass is 315 g/mol. The van der Waals surface area contributed by atoms with Gasteiger partial charge in [0.2, 0.25) is 5.95 Å². The molecule has 0 spiro atoms. The molecule has 1 aliphatic rings. The highest BCUT2D eigenvalue weighted by atomic mass is 16.5. The van der Waals surface area contributed by atoms with Gasteiger partial charge in [-0.25, -0.2) is 9.97 Å². The second kappa shape index (κ2) is 6.36. The quantitative estimate of drug-likeness (QED) is 0.937. The first-order chi connectivity index (χ1) is 11.0. The van der Waals surface area contributed by atoms with E-state index in [9.17, 15) is 4.79 Å². The molecular formula is C16H21N5O2. The molecule has 3 heterocycles. The van der Waals surface area contributed by atoms with Crippen LogP contribution >= 0.6 is 0 Å². The van der Waals surface area contributed by atoms with Gasteiger partial charge in [-0.15, -0.1) is 0 Å². The number of hydrogen-bond donors (Lipinski definition) is 1. The van der Waals surface area contributed by atoms with Gasteiger partial charge in [0, 0.05) is 24.8 Å². The van der Waals surface area contributed by atoms with Crippen molar-refractivity contribution in [1.82, 2.24) is 20.0 Å². The summed E-state index contributed by atoms with van der Waals surface area (Å²) in [5.74, 6) is 2.07. The summed E-state index contributed by atoms with van der Waals surface area (Å²) < 4.78 is 5.01. The van der Waals surface area contributed by atoms with Crippen LogP contribution in [-0.2, 0) is 0 Å². The lowest BCUT2D eigenvalue weighted by Gasteiger charge is -2.30. The third kappa shape index (κ3) is 3.67. The molecule has 1 unspecified atom stereocenters. The Morgan fingerprint density at radius 2 is 2.17 bits per heavy atom. The molecule has 2 aromatic heterocycles. The SMILES string of the molecule is Cc1cc(C(=O)N2CCCC(C)C2)nc(Nc2cc(C)on2)n1. The second-order valence-electron chi connectivity index (χ2n) is 6.16. The van der Waals surface area contributed by atoms with Crippen LogP contribution in [0.3, 0.4) is 0 Å². The van der Waals surface area contributed by atoms with Crippen LogP contribution in [-0.4, -0.2) is 39.0 Å². The summed E-state index contributed by atoms with van der Waals surface area (Å²) >= 11 is 0. The average molecular weight is 315 g/mol. The molecule has 3 rings (SSSR count). The van der Waals surface area contributed by atoms with E-state index in [1.54, 1.807) is 12.1 Å². The number of piperidine rings is 1. The Labute approximate surface area is 135 Å². The van der Waals surface area contributed by atoms with Crippen molar-refractivity contribution in [1.29, 1.82) is 0 Å². The van der Waals surface area contributed by atoms with Gasteiger partial charge in [-0.3, -0.25) is 4.79 Å². The fraction of sp³-hybridized carbons (Fsp3) is 0.500. The van der Waals surface area contributed by atoms with Gasteiger partial charge in [-0.2, -0.15) is 0 Å². The maximum atomic E-state index is 12.7. The molecule has 0 aliphatic carbocycles. The standard InChI is InChI=1S/C16H21N5O2/c1-10-5-4-6-21(9-10)15(22)13-7-11(2)17-16(18-13)19-14-8-12(3)23-20-14/h7-8,10H,4-6,9H2,1-3H3,(H,17,18,19,20). The number of carbonyl (C=O) groups excluding carboxylic acids is 1. The lowest BCUT2D eigenvalue weighted by atomic mass is 10.00. The number of rotatable bonds is 3. The maximum absolute atomic E-state index is 12.7. The van der Waals surface area contributed by atoms with Crippen LogP contribution in [0.2, 0.25) is 0 Å². The van der Waals surface area contributed by atoms with E-state index < -0.39 is 0 Å². The lowest BCUT2D eigenvalue weighted by molar-refractivity contribution is 0.0677. The number of amides is 1. The van der Waals surface area contributed by atoms with Gasteiger partial charge in [-0.1, -0.05) is 12.1 Å². The van der Waals surface area contributed by atoms with Crippen LogP contribution in [0.1, 0.15) is 41.7 Å². The minimum Gasteiger partial charge on any atom is -0.360 e. The number of anilines is 2. The van der Waals surface area contributed by atoms with Crippen molar-refractivity contribution < 1.29 is 9.32 Å². The predicted octanol–water partition coefficient (Wildman–Crippen LogP) is 2.70. The minimum absolute atomic E-state index is 0.0403. The summed E-state index contributed by atoms with van der Waals surface area (Å²) in [7, 11) is 0. The van der Waals surface area contributed by atoms with Crippen molar-refractivity contribution in [3.63, 3.8) is 0 Å². The number of nitrogens with one attached hydrogen (secondary N) is 1. The molecule has 1 fully saturated rings. The number of nitrogens with zero attached hydrogens (tertiary/aromatic N) is 4. The first-order valence-electron chi connectivity index (χ1n) is 7.86. The molecule has 1 amide bonds. The van der Waals surface area contributed by atoms with Crippen molar-refractivity contribution in [3.05, 3.63) is 29.3 Å². The van der Waals surface area contributed by atoms with Crippen LogP contribution in [0.4, 0.5) is 11.8 Å². The third-order valence-corrected chi connectivity index (χ3v) is 3.89. The van der Waals surface area contributed by atoms with Gasteiger partial charge in [-0.05, 0) is 38.7 Å². The second-order valence-corrected chi connectivity index (χ2v) is 6.16. The highest BCUT2D eigenvalue weighted by Crippen LogP contribution is 2.19. The van der Waals surface area contributed by atoms with E-state index in [0.717, 1.165) is 25.2 Å². The highest BCUT2D eigenvalue weighted by molar-refractivity contribution is 5.92. The zero-order valence-corrected chi connectivity index (χ0v) is 13.7. The van der Waals surface area contributed by atoms with E-state index in [1.807, 2.05) is 18.7 Å². The van der Waals surface area contributed by atoms with Crippen molar-refractivity contribution in [2.75, 3.05) is 18.4 Å². The molecule has 1 saturated heterocycles. The van der Waals surface area contributed by atoms with E-state index in [0.29, 0.717) is 29.1 Å². The number of carbonyl (C=O) groups is 1. The van der Waals surface area contributed by atoms with Crippen molar-refractivity contribution in [2.24, 2.45) is 5.92 Å². The zero-order chi connectivity index (χ0) is 16.4. The molecule has 0 aromatic carbocycles. The van der Waals surface area contributed by atoms with E-state index in [4.69, 9.17) is 4.52 Å². The van der Waals surface area contributed by atoms with Gasteiger partial charge in [0.15, 0.2) is 5.82 Å². The maximum Gasteiger partial charge on any atom is 0.272 e. The van der Waals surface area contributed by atoms with Gasteiger partial charge >= 0.3 is 0 Å². The molecule has 23 heavy (non-hydrogen) atoms. The van der Waals surface area contributed by atoms with E-state index in [2.05, 4.69) is 27.4 Å². The lowest BCUT2D eigenvalue weighted by Crippen LogP contribution is -2.39. The Hall–Kier alpha value is -2.44. The Morgan fingerprint density at radius 3 is 2.87 bits per heavy atom. The average Bonchev–Trinajstić information content (AvgIpc) is 2.91. The third-order valence-electron chi connectivity index (χ3n) is 3.89. The molecule has 0 radical (unpaired) electrons. The summed E-state index contributed by atoms with van der Waals surface area (Å²) in [6, 6.07) is 3.47. The Bertz CT molecular complexity index is 712. The van der Waals surface area contributed by atoms with Crippen LogP contribution in [0.15, 0.2) is 16.7 Å². The molecular weight excluding hydrogens is 294 g/mol. The predicted molar refractivity (Wildman–Crippen MR) is 85.6 cm³/mol. The molecule has 122 valence electrons. The first kappa shape index (κ1) is 15.5. The van der Waals surface area contributed by atoms with E-state index >= 15 is 0 Å². The number of aryl methyl sites for hydroxylation is 2. The molecule has 2 aromatic rings. The van der Waals surface area contributed by atoms with E-state index in [-0.39, 0.29) is 5.91 Å². The van der Waals surface area contributed by atoms with Crippen molar-refractivity contribution in [2.45, 2.75) is 33.6 Å². The Balaban J connectivity index is 1.80. The first-order valence-corrected chi connectivity index (χ1v) is 7.86. The topological polar surface area (TPSA) is 84.2 Å². The normalized spacial score (nSPS) is 18.0. The minimum atomic E-state index is -0.0403.